The summed E-state index contributed by atoms with van der Waals surface area (Å²) in [5.41, 5.74) is -0.185. The quantitative estimate of drug-likeness (QED) is 0.670. The molecule has 1 heterocycles. The fourth-order valence-electron chi connectivity index (χ4n) is 0.668. The molecule has 0 saturated heterocycles. The molecule has 0 fully saturated rings. The van der Waals surface area contributed by atoms with Crippen molar-refractivity contribution in [3.63, 3.8) is 0 Å². The van der Waals surface area contributed by atoms with E-state index in [-0.39, 0.29) is 17.1 Å². The number of pyridine rings is 1. The number of halogens is 4. The molecule has 12 heavy (non-hydrogen) atoms. The number of alkyl halides is 3. The topological polar surface area (TPSA) is 12.9 Å². The molecule has 0 aromatic carbocycles. The van der Waals surface area contributed by atoms with Gasteiger partial charge in [-0.25, -0.2) is 0 Å². The summed E-state index contributed by atoms with van der Waals surface area (Å²) in [5.74, 6) is 0. The van der Waals surface area contributed by atoms with Crippen LogP contribution in [0.25, 0.3) is 0 Å². The Hall–Kier alpha value is -0.770. The summed E-state index contributed by atoms with van der Waals surface area (Å²) in [6.45, 7) is 0. The lowest BCUT2D eigenvalue weighted by Gasteiger charge is -2.03. The van der Waals surface area contributed by atoms with E-state index < -0.39 is 6.18 Å². The standard InChI is InChI=1S/C7H4ClF3N/c8-5-1-2-12-6(3-5)4-7(9,10)11/h1-4H. The van der Waals surface area contributed by atoms with Gasteiger partial charge in [-0.2, -0.15) is 13.2 Å². The summed E-state index contributed by atoms with van der Waals surface area (Å²) in [7, 11) is 0. The first-order valence-corrected chi connectivity index (χ1v) is 3.39. The van der Waals surface area contributed by atoms with Gasteiger partial charge in [0.25, 0.3) is 0 Å². The minimum atomic E-state index is -4.35. The first-order chi connectivity index (χ1) is 5.47. The smallest absolute Gasteiger partial charge is 0.261 e. The lowest BCUT2D eigenvalue weighted by atomic mass is 10.3. The van der Waals surface area contributed by atoms with E-state index in [2.05, 4.69) is 4.98 Å². The fraction of sp³-hybridized carbons (Fsp3) is 0.143. The maximum absolute atomic E-state index is 11.7. The molecule has 0 aliphatic rings. The second-order valence-electron chi connectivity index (χ2n) is 2.08. The van der Waals surface area contributed by atoms with Gasteiger partial charge in [0.2, 0.25) is 0 Å². The Morgan fingerprint density at radius 1 is 1.42 bits per heavy atom. The average Bonchev–Trinajstić information content (AvgIpc) is 1.82. The predicted octanol–water partition coefficient (Wildman–Crippen LogP) is 2.85. The zero-order chi connectivity index (χ0) is 9.19. The minimum absolute atomic E-state index is 0.0961. The second-order valence-corrected chi connectivity index (χ2v) is 2.52. The van der Waals surface area contributed by atoms with Crippen LogP contribution in [0.2, 0.25) is 5.02 Å². The molecular weight excluding hydrogens is 191 g/mol. The summed E-state index contributed by atoms with van der Waals surface area (Å²) >= 11 is 5.45. The van der Waals surface area contributed by atoms with Gasteiger partial charge in [-0.15, -0.1) is 0 Å². The normalized spacial score (nSPS) is 11.7. The third-order valence-corrected chi connectivity index (χ3v) is 1.29. The number of aromatic nitrogens is 1. The van der Waals surface area contributed by atoms with Crippen LogP contribution in [0.4, 0.5) is 13.2 Å². The molecule has 1 aromatic heterocycles. The molecule has 0 amide bonds. The molecular formula is C7H4ClF3N. The first kappa shape index (κ1) is 9.32. The van der Waals surface area contributed by atoms with Crippen LogP contribution in [-0.4, -0.2) is 11.2 Å². The molecule has 65 valence electrons. The van der Waals surface area contributed by atoms with Crippen LogP contribution in [0, 0.1) is 6.42 Å². The third-order valence-electron chi connectivity index (χ3n) is 1.05. The highest BCUT2D eigenvalue weighted by molar-refractivity contribution is 6.30. The summed E-state index contributed by atoms with van der Waals surface area (Å²) in [6.07, 6.45) is -3.03. The van der Waals surface area contributed by atoms with Gasteiger partial charge >= 0.3 is 6.18 Å². The number of hydrogen-bond donors (Lipinski definition) is 0. The maximum atomic E-state index is 11.7. The molecule has 5 heteroatoms. The zero-order valence-corrected chi connectivity index (χ0v) is 6.52. The van der Waals surface area contributed by atoms with E-state index in [1.165, 1.54) is 12.3 Å². The second kappa shape index (κ2) is 3.31. The molecule has 0 N–H and O–H groups in total. The van der Waals surface area contributed by atoms with Gasteiger partial charge in [0.05, 0.1) is 5.69 Å². The Labute approximate surface area is 72.2 Å². The van der Waals surface area contributed by atoms with E-state index in [4.69, 9.17) is 11.6 Å². The Bertz CT molecular complexity index is 272. The van der Waals surface area contributed by atoms with Crippen LogP contribution in [0.3, 0.4) is 0 Å². The summed E-state index contributed by atoms with van der Waals surface area (Å²) in [5, 5.41) is 0.237. The highest BCUT2D eigenvalue weighted by Gasteiger charge is 2.28. The lowest BCUT2D eigenvalue weighted by Crippen LogP contribution is -2.09. The van der Waals surface area contributed by atoms with Crippen molar-refractivity contribution in [3.05, 3.63) is 35.5 Å². The highest BCUT2D eigenvalue weighted by atomic mass is 35.5. The van der Waals surface area contributed by atoms with Crippen molar-refractivity contribution in [2.45, 2.75) is 6.18 Å². The number of nitrogens with zero attached hydrogens (tertiary/aromatic N) is 1. The van der Waals surface area contributed by atoms with Gasteiger partial charge in [-0.05, 0) is 12.1 Å². The van der Waals surface area contributed by atoms with E-state index in [9.17, 15) is 13.2 Å². The maximum Gasteiger partial charge on any atom is 0.398 e. The van der Waals surface area contributed by atoms with Crippen molar-refractivity contribution in [1.82, 2.24) is 4.98 Å². The molecule has 1 rings (SSSR count). The van der Waals surface area contributed by atoms with Gasteiger partial charge in [-0.3, -0.25) is 4.98 Å². The van der Waals surface area contributed by atoms with Crippen molar-refractivity contribution in [2.24, 2.45) is 0 Å². The molecule has 0 aliphatic carbocycles. The van der Waals surface area contributed by atoms with Crippen molar-refractivity contribution < 1.29 is 13.2 Å². The Balaban J connectivity index is 2.77. The van der Waals surface area contributed by atoms with Gasteiger partial charge < -0.3 is 0 Å². The number of rotatable bonds is 1. The molecule has 0 bridgehead atoms. The minimum Gasteiger partial charge on any atom is -0.261 e. The van der Waals surface area contributed by atoms with Crippen molar-refractivity contribution in [3.8, 4) is 0 Å². The van der Waals surface area contributed by atoms with Crippen LogP contribution in [0.1, 0.15) is 5.69 Å². The Morgan fingerprint density at radius 2 is 2.08 bits per heavy atom. The molecule has 1 aromatic rings. The van der Waals surface area contributed by atoms with Gasteiger partial charge in [0.15, 0.2) is 0 Å². The van der Waals surface area contributed by atoms with E-state index in [0.717, 1.165) is 6.07 Å². The van der Waals surface area contributed by atoms with Gasteiger partial charge in [0.1, 0.15) is 6.42 Å². The summed E-state index contributed by atoms with van der Waals surface area (Å²) in [4.78, 5) is 3.46. The van der Waals surface area contributed by atoms with E-state index >= 15 is 0 Å². The summed E-state index contributed by atoms with van der Waals surface area (Å²) in [6, 6.07) is 2.56. The third kappa shape index (κ3) is 3.09. The SMILES string of the molecule is FC(F)(F)[CH]c1cc(Cl)ccn1. The molecule has 0 aliphatic heterocycles. The molecule has 0 saturated carbocycles. The van der Waals surface area contributed by atoms with E-state index in [1.54, 1.807) is 0 Å². The largest absolute Gasteiger partial charge is 0.398 e. The van der Waals surface area contributed by atoms with Crippen LogP contribution in [-0.2, 0) is 0 Å². The van der Waals surface area contributed by atoms with Crippen LogP contribution >= 0.6 is 11.6 Å². The van der Waals surface area contributed by atoms with Gasteiger partial charge in [0, 0.05) is 11.2 Å². The first-order valence-electron chi connectivity index (χ1n) is 3.01. The highest BCUT2D eigenvalue weighted by Crippen LogP contribution is 2.23. The Morgan fingerprint density at radius 3 is 2.58 bits per heavy atom. The molecule has 0 unspecified atom stereocenters. The van der Waals surface area contributed by atoms with E-state index in [1.807, 2.05) is 0 Å². The van der Waals surface area contributed by atoms with Crippen molar-refractivity contribution in [1.29, 1.82) is 0 Å². The monoisotopic (exact) mass is 194 g/mol. The molecule has 0 spiro atoms. The van der Waals surface area contributed by atoms with E-state index in [0.29, 0.717) is 0 Å². The van der Waals surface area contributed by atoms with Crippen LogP contribution < -0.4 is 0 Å². The Kier molecular flexibility index (Phi) is 2.57. The predicted molar refractivity (Wildman–Crippen MR) is 38.7 cm³/mol. The van der Waals surface area contributed by atoms with Crippen LogP contribution in [0.15, 0.2) is 18.3 Å². The number of hydrogen-bond acceptors (Lipinski definition) is 1. The molecule has 1 nitrogen and oxygen atoms in total. The average molecular weight is 195 g/mol. The van der Waals surface area contributed by atoms with Crippen LogP contribution in [0.5, 0.6) is 0 Å². The fourth-order valence-corrected chi connectivity index (χ4v) is 0.836. The molecule has 1 radical (unpaired) electrons. The van der Waals surface area contributed by atoms with Crippen molar-refractivity contribution >= 4 is 11.6 Å². The van der Waals surface area contributed by atoms with Gasteiger partial charge in [-0.1, -0.05) is 11.6 Å². The molecule has 0 atom stereocenters. The lowest BCUT2D eigenvalue weighted by molar-refractivity contribution is -0.0931. The van der Waals surface area contributed by atoms with Crippen molar-refractivity contribution in [2.75, 3.05) is 0 Å². The summed E-state index contributed by atoms with van der Waals surface area (Å²) < 4.78 is 35.2. The zero-order valence-electron chi connectivity index (χ0n) is 5.77.